The smallest absolute Gasteiger partial charge is 0.262 e. The number of para-hydroxylation sites is 1. The van der Waals surface area contributed by atoms with E-state index >= 15 is 0 Å². The molecule has 0 aliphatic rings. The van der Waals surface area contributed by atoms with Crippen molar-refractivity contribution in [1.29, 1.82) is 0 Å². The first kappa shape index (κ1) is 24.7. The van der Waals surface area contributed by atoms with Gasteiger partial charge in [0, 0.05) is 42.7 Å². The first-order valence-corrected chi connectivity index (χ1v) is 12.7. The van der Waals surface area contributed by atoms with Crippen molar-refractivity contribution in [3.05, 3.63) is 93.8 Å². The van der Waals surface area contributed by atoms with E-state index in [1.54, 1.807) is 6.07 Å². The molecule has 0 bridgehead atoms. The van der Waals surface area contributed by atoms with Crippen LogP contribution < -0.4 is 10.6 Å². The van der Waals surface area contributed by atoms with Gasteiger partial charge in [0.2, 0.25) is 5.91 Å². The fraction of sp³-hybridized carbons (Fsp3) is 0.286. The first-order valence-electron chi connectivity index (χ1n) is 11.9. The molecule has 182 valence electrons. The van der Waals surface area contributed by atoms with Crippen LogP contribution in [-0.4, -0.2) is 40.8 Å². The summed E-state index contributed by atoms with van der Waals surface area (Å²) in [5.41, 5.74) is 4.25. The number of aromatic amines is 1. The SMILES string of the molecule is CC(C)N(C)Cc1ccccc1CNC(=O)C(Cc1c[nH]c2ccccc12)NC(=O)c1cccs1. The number of hydrogen-bond donors (Lipinski definition) is 3. The van der Waals surface area contributed by atoms with Crippen LogP contribution in [0.3, 0.4) is 0 Å². The van der Waals surface area contributed by atoms with Crippen LogP contribution in [0.2, 0.25) is 0 Å². The quantitative estimate of drug-likeness (QED) is 0.302. The van der Waals surface area contributed by atoms with Crippen LogP contribution in [0.25, 0.3) is 10.9 Å². The van der Waals surface area contributed by atoms with E-state index in [1.165, 1.54) is 16.9 Å². The molecule has 0 radical (unpaired) electrons. The van der Waals surface area contributed by atoms with Gasteiger partial charge in [0.05, 0.1) is 4.88 Å². The standard InChI is InChI=1S/C28H32N4O2S/c1-19(2)32(3)18-21-10-5-4-9-20(21)16-30-27(33)25(31-28(34)26-13-8-14-35-26)15-22-17-29-24-12-7-6-11-23(22)24/h4-14,17,19,25,29H,15-16,18H2,1-3H3,(H,30,33)(H,31,34). The summed E-state index contributed by atoms with van der Waals surface area (Å²) in [4.78, 5) is 32.3. The average Bonchev–Trinajstić information content (AvgIpc) is 3.53. The predicted molar refractivity (Wildman–Crippen MR) is 142 cm³/mol. The number of thiophene rings is 1. The summed E-state index contributed by atoms with van der Waals surface area (Å²) in [7, 11) is 2.09. The number of benzene rings is 2. The van der Waals surface area contributed by atoms with E-state index in [-0.39, 0.29) is 11.8 Å². The molecule has 1 atom stereocenters. The minimum absolute atomic E-state index is 0.202. The number of carbonyl (C=O) groups excluding carboxylic acids is 2. The molecule has 1 unspecified atom stereocenters. The number of amides is 2. The van der Waals surface area contributed by atoms with E-state index in [4.69, 9.17) is 0 Å². The summed E-state index contributed by atoms with van der Waals surface area (Å²) >= 11 is 1.36. The zero-order valence-electron chi connectivity index (χ0n) is 20.4. The van der Waals surface area contributed by atoms with Crippen molar-refractivity contribution in [3.8, 4) is 0 Å². The highest BCUT2D eigenvalue weighted by molar-refractivity contribution is 7.12. The molecule has 2 amide bonds. The Balaban J connectivity index is 1.51. The lowest BCUT2D eigenvalue weighted by molar-refractivity contribution is -0.123. The summed E-state index contributed by atoms with van der Waals surface area (Å²) in [5.74, 6) is -0.439. The highest BCUT2D eigenvalue weighted by Crippen LogP contribution is 2.20. The third-order valence-corrected chi connectivity index (χ3v) is 7.21. The Bertz CT molecular complexity index is 1280. The minimum Gasteiger partial charge on any atom is -0.361 e. The second-order valence-electron chi connectivity index (χ2n) is 9.06. The Morgan fingerprint density at radius 1 is 0.971 bits per heavy atom. The Labute approximate surface area is 210 Å². The highest BCUT2D eigenvalue weighted by Gasteiger charge is 2.24. The number of aromatic nitrogens is 1. The summed E-state index contributed by atoms with van der Waals surface area (Å²) in [6.45, 7) is 5.53. The average molecular weight is 489 g/mol. The summed E-state index contributed by atoms with van der Waals surface area (Å²) < 4.78 is 0. The van der Waals surface area contributed by atoms with Gasteiger partial charge in [-0.15, -0.1) is 11.3 Å². The zero-order chi connectivity index (χ0) is 24.8. The Kier molecular flexibility index (Phi) is 8.00. The van der Waals surface area contributed by atoms with Crippen LogP contribution >= 0.6 is 11.3 Å². The van der Waals surface area contributed by atoms with Crippen molar-refractivity contribution in [1.82, 2.24) is 20.5 Å². The monoisotopic (exact) mass is 488 g/mol. The number of H-pyrrole nitrogens is 1. The largest absolute Gasteiger partial charge is 0.361 e. The number of nitrogens with one attached hydrogen (secondary N) is 3. The van der Waals surface area contributed by atoms with Crippen LogP contribution in [0.4, 0.5) is 0 Å². The molecule has 0 saturated carbocycles. The second-order valence-corrected chi connectivity index (χ2v) is 10.0. The maximum absolute atomic E-state index is 13.4. The third-order valence-electron chi connectivity index (χ3n) is 6.34. The number of carbonyl (C=O) groups is 2. The van der Waals surface area contributed by atoms with Gasteiger partial charge in [0.15, 0.2) is 0 Å². The van der Waals surface area contributed by atoms with E-state index in [2.05, 4.69) is 47.5 Å². The third kappa shape index (κ3) is 6.18. The topological polar surface area (TPSA) is 77.2 Å². The number of hydrogen-bond acceptors (Lipinski definition) is 4. The van der Waals surface area contributed by atoms with Crippen LogP contribution in [0.1, 0.15) is 40.2 Å². The molecule has 35 heavy (non-hydrogen) atoms. The minimum atomic E-state index is -0.700. The molecule has 0 aliphatic heterocycles. The predicted octanol–water partition coefficient (Wildman–Crippen LogP) is 4.73. The fourth-order valence-electron chi connectivity index (χ4n) is 4.01. The van der Waals surface area contributed by atoms with Gasteiger partial charge in [-0.2, -0.15) is 0 Å². The van der Waals surface area contributed by atoms with E-state index in [0.717, 1.165) is 28.6 Å². The lowest BCUT2D eigenvalue weighted by Crippen LogP contribution is -2.47. The van der Waals surface area contributed by atoms with Crippen molar-refractivity contribution in [2.24, 2.45) is 0 Å². The van der Waals surface area contributed by atoms with Gasteiger partial charge >= 0.3 is 0 Å². The Morgan fingerprint density at radius 3 is 2.46 bits per heavy atom. The molecule has 0 saturated heterocycles. The van der Waals surface area contributed by atoms with Gasteiger partial charge in [-0.3, -0.25) is 14.5 Å². The molecular formula is C28H32N4O2S. The van der Waals surface area contributed by atoms with E-state index in [9.17, 15) is 9.59 Å². The molecule has 2 aromatic heterocycles. The van der Waals surface area contributed by atoms with Gasteiger partial charge in [-0.05, 0) is 55.1 Å². The zero-order valence-corrected chi connectivity index (χ0v) is 21.2. The molecule has 0 fully saturated rings. The number of fused-ring (bicyclic) bond motifs is 1. The van der Waals surface area contributed by atoms with Gasteiger partial charge in [-0.1, -0.05) is 48.5 Å². The molecule has 4 rings (SSSR count). The Hall–Kier alpha value is -3.42. The lowest BCUT2D eigenvalue weighted by Gasteiger charge is -2.23. The molecule has 2 aromatic carbocycles. The molecule has 7 heteroatoms. The lowest BCUT2D eigenvalue weighted by atomic mass is 10.0. The molecule has 4 aromatic rings. The van der Waals surface area contributed by atoms with Crippen molar-refractivity contribution in [3.63, 3.8) is 0 Å². The molecule has 6 nitrogen and oxygen atoms in total. The second kappa shape index (κ2) is 11.3. The van der Waals surface area contributed by atoms with Gasteiger partial charge in [0.1, 0.15) is 6.04 Å². The van der Waals surface area contributed by atoms with E-state index in [0.29, 0.717) is 23.9 Å². The summed E-state index contributed by atoms with van der Waals surface area (Å²) in [6.07, 6.45) is 2.31. The van der Waals surface area contributed by atoms with Crippen LogP contribution in [0, 0.1) is 0 Å². The Morgan fingerprint density at radius 2 is 1.71 bits per heavy atom. The molecular weight excluding hydrogens is 456 g/mol. The normalized spacial score (nSPS) is 12.3. The van der Waals surface area contributed by atoms with Crippen LogP contribution in [0.5, 0.6) is 0 Å². The maximum Gasteiger partial charge on any atom is 0.262 e. The van der Waals surface area contributed by atoms with Crippen molar-refractivity contribution >= 4 is 34.1 Å². The van der Waals surface area contributed by atoms with Crippen molar-refractivity contribution < 1.29 is 9.59 Å². The highest BCUT2D eigenvalue weighted by atomic mass is 32.1. The van der Waals surface area contributed by atoms with Crippen LogP contribution in [0.15, 0.2) is 72.2 Å². The number of rotatable bonds is 10. The van der Waals surface area contributed by atoms with Gasteiger partial charge in [0.25, 0.3) is 5.91 Å². The fourth-order valence-corrected chi connectivity index (χ4v) is 4.63. The van der Waals surface area contributed by atoms with Crippen molar-refractivity contribution in [2.75, 3.05) is 7.05 Å². The molecule has 2 heterocycles. The van der Waals surface area contributed by atoms with E-state index < -0.39 is 6.04 Å². The van der Waals surface area contributed by atoms with E-state index in [1.807, 2.05) is 60.1 Å². The summed E-state index contributed by atoms with van der Waals surface area (Å²) in [5, 5.41) is 8.94. The van der Waals surface area contributed by atoms with Gasteiger partial charge < -0.3 is 15.6 Å². The maximum atomic E-state index is 13.4. The molecule has 0 spiro atoms. The number of nitrogens with zero attached hydrogens (tertiary/aromatic N) is 1. The van der Waals surface area contributed by atoms with Crippen molar-refractivity contribution in [2.45, 2.75) is 45.4 Å². The van der Waals surface area contributed by atoms with Crippen LogP contribution in [-0.2, 0) is 24.3 Å². The molecule has 0 aliphatic carbocycles. The molecule has 3 N–H and O–H groups in total. The first-order chi connectivity index (χ1) is 16.9. The van der Waals surface area contributed by atoms with Gasteiger partial charge in [-0.25, -0.2) is 0 Å². The summed E-state index contributed by atoms with van der Waals surface area (Å²) in [6, 6.07) is 19.5.